The van der Waals surface area contributed by atoms with Crippen LogP contribution in [0.15, 0.2) is 0 Å². The quantitative estimate of drug-likeness (QED) is 0.500. The van der Waals surface area contributed by atoms with Gasteiger partial charge >= 0.3 is 11.9 Å². The van der Waals surface area contributed by atoms with Crippen LogP contribution in [-0.2, 0) is 19.1 Å². The van der Waals surface area contributed by atoms with Gasteiger partial charge in [0.05, 0.1) is 13.2 Å². The number of rotatable bonds is 8. The molecule has 0 fully saturated rings. The molecule has 0 aromatic rings. The molecule has 0 rings (SSSR count). The van der Waals surface area contributed by atoms with Crippen LogP contribution >= 0.6 is 0 Å². The molecule has 4 heteroatoms. The smallest absolute Gasteiger partial charge is 0.305 e. The Labute approximate surface area is 129 Å². The third-order valence-electron chi connectivity index (χ3n) is 2.59. The van der Waals surface area contributed by atoms with Crippen molar-refractivity contribution in [1.82, 2.24) is 0 Å². The number of carbonyl (C=O) groups excluding carboxylic acids is 2. The molecule has 0 heterocycles. The van der Waals surface area contributed by atoms with Crippen molar-refractivity contribution in [1.29, 1.82) is 0 Å². The van der Waals surface area contributed by atoms with Crippen LogP contribution in [0.5, 0.6) is 0 Å². The largest absolute Gasteiger partial charge is 0.465 e. The summed E-state index contributed by atoms with van der Waals surface area (Å²) in [6, 6.07) is 0. The Morgan fingerprint density at radius 2 is 1.00 bits per heavy atom. The molecule has 0 spiro atoms. The SMILES string of the molecule is CC(C)(C)COC(=O)CCCCCC(=O)OCC(C)(C)C. The van der Waals surface area contributed by atoms with Gasteiger partial charge in [0.25, 0.3) is 0 Å². The summed E-state index contributed by atoms with van der Waals surface area (Å²) >= 11 is 0. The van der Waals surface area contributed by atoms with Gasteiger partial charge in [0, 0.05) is 12.8 Å². The predicted molar refractivity (Wildman–Crippen MR) is 83.9 cm³/mol. The zero-order chi connectivity index (χ0) is 16.5. The summed E-state index contributed by atoms with van der Waals surface area (Å²) in [6.07, 6.45) is 3.21. The number of carbonyl (C=O) groups is 2. The van der Waals surface area contributed by atoms with Gasteiger partial charge in [0.15, 0.2) is 0 Å². The van der Waals surface area contributed by atoms with E-state index in [-0.39, 0.29) is 22.8 Å². The van der Waals surface area contributed by atoms with Crippen LogP contribution in [0.1, 0.15) is 73.6 Å². The minimum Gasteiger partial charge on any atom is -0.465 e. The second kappa shape index (κ2) is 9.06. The standard InChI is InChI=1S/C17H32O4/c1-16(2,3)12-20-14(18)10-8-7-9-11-15(19)21-13-17(4,5)6/h7-13H2,1-6H3. The molecule has 0 atom stereocenters. The molecule has 0 bridgehead atoms. The Bertz CT molecular complexity index is 289. The van der Waals surface area contributed by atoms with Crippen LogP contribution in [-0.4, -0.2) is 25.2 Å². The second-order valence-corrected chi connectivity index (χ2v) is 8.00. The van der Waals surface area contributed by atoms with Crippen LogP contribution in [0.25, 0.3) is 0 Å². The van der Waals surface area contributed by atoms with Gasteiger partial charge in [-0.25, -0.2) is 0 Å². The van der Waals surface area contributed by atoms with Gasteiger partial charge in [0.2, 0.25) is 0 Å². The molecular formula is C17H32O4. The van der Waals surface area contributed by atoms with E-state index in [9.17, 15) is 9.59 Å². The fourth-order valence-corrected chi connectivity index (χ4v) is 1.45. The van der Waals surface area contributed by atoms with Crippen molar-refractivity contribution in [3.8, 4) is 0 Å². The molecule has 0 aliphatic carbocycles. The van der Waals surface area contributed by atoms with Gasteiger partial charge in [-0.05, 0) is 23.7 Å². The number of esters is 2. The van der Waals surface area contributed by atoms with Gasteiger partial charge in [-0.1, -0.05) is 48.0 Å². The highest BCUT2D eigenvalue weighted by atomic mass is 16.5. The average Bonchev–Trinajstić information content (AvgIpc) is 2.32. The van der Waals surface area contributed by atoms with Gasteiger partial charge in [-0.15, -0.1) is 0 Å². The summed E-state index contributed by atoms with van der Waals surface area (Å²) in [5.41, 5.74) is 0.0128. The fourth-order valence-electron chi connectivity index (χ4n) is 1.45. The van der Waals surface area contributed by atoms with Crippen molar-refractivity contribution < 1.29 is 19.1 Å². The minimum absolute atomic E-state index is 0.00642. The van der Waals surface area contributed by atoms with Crippen molar-refractivity contribution in [3.05, 3.63) is 0 Å². The molecule has 0 saturated heterocycles. The Hall–Kier alpha value is -1.06. The van der Waals surface area contributed by atoms with Crippen molar-refractivity contribution in [3.63, 3.8) is 0 Å². The van der Waals surface area contributed by atoms with E-state index in [1.165, 1.54) is 0 Å². The average molecular weight is 300 g/mol. The molecule has 0 radical (unpaired) electrons. The topological polar surface area (TPSA) is 52.6 Å². The molecule has 21 heavy (non-hydrogen) atoms. The lowest BCUT2D eigenvalue weighted by Gasteiger charge is -2.18. The van der Waals surface area contributed by atoms with E-state index in [4.69, 9.17) is 9.47 Å². The van der Waals surface area contributed by atoms with Gasteiger partial charge < -0.3 is 9.47 Å². The van der Waals surface area contributed by atoms with E-state index in [1.807, 2.05) is 41.5 Å². The number of hydrogen-bond donors (Lipinski definition) is 0. The summed E-state index contributed by atoms with van der Waals surface area (Å²) < 4.78 is 10.4. The van der Waals surface area contributed by atoms with E-state index >= 15 is 0 Å². The minimum atomic E-state index is -0.153. The fraction of sp³-hybridized carbons (Fsp3) is 0.882. The maximum atomic E-state index is 11.5. The summed E-state index contributed by atoms with van der Waals surface area (Å²) in [5.74, 6) is -0.305. The van der Waals surface area contributed by atoms with E-state index in [1.54, 1.807) is 0 Å². The molecule has 0 saturated carbocycles. The Morgan fingerprint density at radius 1 is 0.667 bits per heavy atom. The van der Waals surface area contributed by atoms with E-state index < -0.39 is 0 Å². The summed E-state index contributed by atoms with van der Waals surface area (Å²) in [7, 11) is 0. The van der Waals surface area contributed by atoms with Gasteiger partial charge in [-0.2, -0.15) is 0 Å². The van der Waals surface area contributed by atoms with E-state index in [0.29, 0.717) is 26.1 Å². The van der Waals surface area contributed by atoms with Crippen LogP contribution < -0.4 is 0 Å². The van der Waals surface area contributed by atoms with Crippen LogP contribution in [0.3, 0.4) is 0 Å². The van der Waals surface area contributed by atoms with E-state index in [0.717, 1.165) is 19.3 Å². The molecule has 0 aliphatic rings. The first-order valence-electron chi connectivity index (χ1n) is 7.81. The van der Waals surface area contributed by atoms with Crippen molar-refractivity contribution in [2.45, 2.75) is 73.6 Å². The number of unbranched alkanes of at least 4 members (excludes halogenated alkanes) is 2. The van der Waals surface area contributed by atoms with Crippen LogP contribution in [0, 0.1) is 10.8 Å². The summed E-state index contributed by atoms with van der Waals surface area (Å²) in [5, 5.41) is 0. The highest BCUT2D eigenvalue weighted by molar-refractivity contribution is 5.69. The third kappa shape index (κ3) is 15.2. The highest BCUT2D eigenvalue weighted by Crippen LogP contribution is 2.15. The molecule has 0 aromatic carbocycles. The molecule has 0 amide bonds. The number of hydrogen-bond acceptors (Lipinski definition) is 4. The molecular weight excluding hydrogens is 268 g/mol. The zero-order valence-corrected chi connectivity index (χ0v) is 14.6. The first-order chi connectivity index (χ1) is 9.49. The zero-order valence-electron chi connectivity index (χ0n) is 14.6. The summed E-state index contributed by atoms with van der Waals surface area (Å²) in [4.78, 5) is 23.0. The predicted octanol–water partition coefficient (Wildman–Crippen LogP) is 4.12. The number of ether oxygens (including phenoxy) is 2. The summed E-state index contributed by atoms with van der Waals surface area (Å²) in [6.45, 7) is 13.1. The molecule has 4 nitrogen and oxygen atoms in total. The normalized spacial score (nSPS) is 12.1. The lowest BCUT2D eigenvalue weighted by Crippen LogP contribution is -2.18. The van der Waals surface area contributed by atoms with E-state index in [2.05, 4.69) is 0 Å². The first-order valence-corrected chi connectivity index (χ1v) is 7.81. The molecule has 0 aromatic heterocycles. The lowest BCUT2D eigenvalue weighted by molar-refractivity contribution is -0.146. The highest BCUT2D eigenvalue weighted by Gasteiger charge is 2.14. The lowest BCUT2D eigenvalue weighted by atomic mass is 9.99. The molecule has 124 valence electrons. The van der Waals surface area contributed by atoms with Crippen LogP contribution in [0.2, 0.25) is 0 Å². The maximum absolute atomic E-state index is 11.5. The van der Waals surface area contributed by atoms with Crippen molar-refractivity contribution in [2.75, 3.05) is 13.2 Å². The Kier molecular flexibility index (Phi) is 8.60. The molecule has 0 unspecified atom stereocenters. The first kappa shape index (κ1) is 19.9. The molecule has 0 aliphatic heterocycles. The van der Waals surface area contributed by atoms with Crippen LogP contribution in [0.4, 0.5) is 0 Å². The van der Waals surface area contributed by atoms with Gasteiger partial charge in [-0.3, -0.25) is 9.59 Å². The monoisotopic (exact) mass is 300 g/mol. The third-order valence-corrected chi connectivity index (χ3v) is 2.59. The maximum Gasteiger partial charge on any atom is 0.305 e. The van der Waals surface area contributed by atoms with Gasteiger partial charge in [0.1, 0.15) is 0 Å². The Balaban J connectivity index is 3.55. The Morgan fingerprint density at radius 3 is 1.29 bits per heavy atom. The second-order valence-electron chi connectivity index (χ2n) is 8.00. The molecule has 0 N–H and O–H groups in total. The van der Waals surface area contributed by atoms with Crippen molar-refractivity contribution in [2.24, 2.45) is 10.8 Å². The van der Waals surface area contributed by atoms with Crippen molar-refractivity contribution >= 4 is 11.9 Å².